The molecule has 4 fully saturated rings. The van der Waals surface area contributed by atoms with E-state index in [0.29, 0.717) is 23.8 Å². The molecule has 54 heavy (non-hydrogen) atoms. The standard InChI is InChI=1S/C44H57BN4O5/c1-25(2)38(48-41(51)52-7)40(50)49-20-10-11-35(49)39-46-24-34(47-39)30-15-14-29(36-26-12-13-27(21-26)37(30)36)28-16-17-33(45-53-42(3,4)43(5,6)54-45)32-23-44(22-31(28)32)18-8-9-19-44/h14-17,24-27,35,38H,8-13,18-23H2,1-7H3,(H,46,47)(H,48,51)/t26?,27?,35-,38-/m0/s1. The van der Waals surface area contributed by atoms with Crippen molar-refractivity contribution in [2.24, 2.45) is 11.3 Å². The smallest absolute Gasteiger partial charge is 0.453 e. The minimum atomic E-state index is -0.658. The second-order valence-corrected chi connectivity index (χ2v) is 18.7. The van der Waals surface area contributed by atoms with Gasteiger partial charge in [0, 0.05) is 12.1 Å². The van der Waals surface area contributed by atoms with E-state index in [1.807, 2.05) is 24.9 Å². The molecule has 2 saturated heterocycles. The van der Waals surface area contributed by atoms with Crippen LogP contribution in [0.2, 0.25) is 0 Å². The maximum atomic E-state index is 13.8. The number of nitrogens with zero attached hydrogens (tertiary/aromatic N) is 2. The summed E-state index contributed by atoms with van der Waals surface area (Å²) in [5.41, 5.74) is 12.0. The van der Waals surface area contributed by atoms with E-state index in [1.54, 1.807) is 5.56 Å². The second kappa shape index (κ2) is 13.0. The topological polar surface area (TPSA) is 106 Å². The lowest BCUT2D eigenvalue weighted by Gasteiger charge is -2.32. The number of aromatic amines is 1. The fourth-order valence-electron chi connectivity index (χ4n) is 11.2. The summed E-state index contributed by atoms with van der Waals surface area (Å²) in [4.78, 5) is 36.5. The first-order valence-corrected chi connectivity index (χ1v) is 20.7. The Bertz CT molecular complexity index is 1980. The molecule has 9 rings (SSSR count). The van der Waals surface area contributed by atoms with Gasteiger partial charge < -0.3 is 29.2 Å². The van der Waals surface area contributed by atoms with Crippen molar-refractivity contribution in [2.45, 2.75) is 147 Å². The average molecular weight is 733 g/mol. The van der Waals surface area contributed by atoms with Crippen LogP contribution in [-0.2, 0) is 31.7 Å². The van der Waals surface area contributed by atoms with Crippen LogP contribution in [0.4, 0.5) is 4.79 Å². The number of likely N-dealkylation sites (tertiary alicyclic amines) is 1. The fraction of sp³-hybridized carbons (Fsp3) is 0.614. The number of hydrogen-bond donors (Lipinski definition) is 2. The molecule has 2 amide bonds. The minimum absolute atomic E-state index is 0.0775. The Kier molecular flexibility index (Phi) is 8.66. The highest BCUT2D eigenvalue weighted by Gasteiger charge is 2.54. The first kappa shape index (κ1) is 36.0. The van der Waals surface area contributed by atoms with Crippen LogP contribution >= 0.6 is 0 Å². The molecule has 2 unspecified atom stereocenters. The van der Waals surface area contributed by atoms with Gasteiger partial charge >= 0.3 is 13.2 Å². The number of nitrogens with one attached hydrogen (secondary N) is 2. The van der Waals surface area contributed by atoms with Crippen LogP contribution in [0, 0.1) is 11.3 Å². The van der Waals surface area contributed by atoms with Gasteiger partial charge in [0.05, 0.1) is 36.2 Å². The Morgan fingerprint density at radius 1 is 0.907 bits per heavy atom. The molecule has 4 atom stereocenters. The Balaban J connectivity index is 1.07. The van der Waals surface area contributed by atoms with Gasteiger partial charge in [-0.2, -0.15) is 0 Å². The number of rotatable bonds is 7. The molecule has 10 heteroatoms. The zero-order valence-electron chi connectivity index (χ0n) is 33.3. The van der Waals surface area contributed by atoms with Crippen LogP contribution in [0.15, 0.2) is 30.5 Å². The molecule has 9 nitrogen and oxygen atoms in total. The van der Waals surface area contributed by atoms with Crippen LogP contribution in [-0.4, -0.2) is 64.9 Å². The Morgan fingerprint density at radius 3 is 2.24 bits per heavy atom. The maximum absolute atomic E-state index is 13.8. The monoisotopic (exact) mass is 732 g/mol. The number of hydrogen-bond acceptors (Lipinski definition) is 6. The van der Waals surface area contributed by atoms with Gasteiger partial charge in [0.15, 0.2) is 0 Å². The van der Waals surface area contributed by atoms with Gasteiger partial charge in [0.2, 0.25) is 5.91 Å². The van der Waals surface area contributed by atoms with E-state index < -0.39 is 12.1 Å². The molecule has 2 saturated carbocycles. The number of aromatic nitrogens is 2. The van der Waals surface area contributed by atoms with E-state index in [0.717, 1.165) is 37.2 Å². The molecule has 2 aromatic carbocycles. The lowest BCUT2D eigenvalue weighted by Crippen LogP contribution is -2.51. The third kappa shape index (κ3) is 5.67. The van der Waals surface area contributed by atoms with Crippen molar-refractivity contribution in [1.82, 2.24) is 20.2 Å². The number of amides is 2. The Hall–Kier alpha value is -3.63. The van der Waals surface area contributed by atoms with Crippen molar-refractivity contribution in [3.63, 3.8) is 0 Å². The lowest BCUT2D eigenvalue weighted by molar-refractivity contribution is -0.135. The predicted octanol–water partition coefficient (Wildman–Crippen LogP) is 8.11. The summed E-state index contributed by atoms with van der Waals surface area (Å²) in [7, 11) is 0.978. The molecule has 2 N–H and O–H groups in total. The summed E-state index contributed by atoms with van der Waals surface area (Å²) in [5, 5.41) is 2.77. The molecule has 3 aromatic rings. The summed E-state index contributed by atoms with van der Waals surface area (Å²) in [6.45, 7) is 13.1. The minimum Gasteiger partial charge on any atom is -0.453 e. The molecule has 2 bridgehead atoms. The molecule has 1 spiro atoms. The molecular weight excluding hydrogens is 675 g/mol. The molecule has 1 aromatic heterocycles. The highest BCUT2D eigenvalue weighted by Crippen LogP contribution is 2.59. The number of H-pyrrole nitrogens is 1. The lowest BCUT2D eigenvalue weighted by atomic mass is 9.72. The summed E-state index contributed by atoms with van der Waals surface area (Å²) < 4.78 is 18.2. The predicted molar refractivity (Wildman–Crippen MR) is 211 cm³/mol. The van der Waals surface area contributed by atoms with E-state index in [9.17, 15) is 9.59 Å². The zero-order chi connectivity index (χ0) is 37.7. The van der Waals surface area contributed by atoms with E-state index in [2.05, 4.69) is 62.3 Å². The largest absolute Gasteiger partial charge is 0.495 e. The van der Waals surface area contributed by atoms with Gasteiger partial charge in [-0.25, -0.2) is 9.78 Å². The molecule has 6 aliphatic rings. The molecule has 0 radical (unpaired) electrons. The molecule has 286 valence electrons. The van der Waals surface area contributed by atoms with Gasteiger partial charge in [0.25, 0.3) is 0 Å². The van der Waals surface area contributed by atoms with Gasteiger partial charge in [-0.15, -0.1) is 0 Å². The van der Waals surface area contributed by atoms with E-state index in [4.69, 9.17) is 19.0 Å². The first-order chi connectivity index (χ1) is 25.8. The fourth-order valence-corrected chi connectivity index (χ4v) is 11.2. The average Bonchev–Trinajstić information content (AvgIpc) is 3.99. The first-order valence-electron chi connectivity index (χ1n) is 20.7. The van der Waals surface area contributed by atoms with Crippen LogP contribution in [0.3, 0.4) is 0 Å². The van der Waals surface area contributed by atoms with Gasteiger partial charge in [-0.05, 0) is 147 Å². The Morgan fingerprint density at radius 2 is 1.56 bits per heavy atom. The zero-order valence-corrected chi connectivity index (χ0v) is 33.3. The number of alkyl carbamates (subject to hydrolysis) is 1. The molecule has 2 aliphatic heterocycles. The second-order valence-electron chi connectivity index (χ2n) is 18.7. The van der Waals surface area contributed by atoms with Gasteiger partial charge in [0.1, 0.15) is 11.9 Å². The van der Waals surface area contributed by atoms with Crippen LogP contribution in [0.25, 0.3) is 22.4 Å². The summed E-state index contributed by atoms with van der Waals surface area (Å²) in [5.74, 6) is 1.77. The van der Waals surface area contributed by atoms with Gasteiger partial charge in [-0.3, -0.25) is 4.79 Å². The number of benzene rings is 2. The van der Waals surface area contributed by atoms with Crippen LogP contribution < -0.4 is 10.8 Å². The molecular formula is C44H57BN4O5. The number of carbonyl (C=O) groups is 2. The summed E-state index contributed by atoms with van der Waals surface area (Å²) in [6, 6.07) is 8.65. The normalized spacial score (nSPS) is 26.2. The SMILES string of the molecule is COC(=O)N[C@H](C(=O)N1CCC[C@H]1c1ncc(-c2ccc(-c3ccc(B4OC(C)(C)C(C)(C)O4)c4c3CC3(CCCC3)C4)c3c2C2CCC3C2)[nH]1)C(C)C. The number of methoxy groups -OCH3 is 1. The summed E-state index contributed by atoms with van der Waals surface area (Å²) in [6.07, 6.45) is 14.3. The van der Waals surface area contributed by atoms with E-state index in [1.165, 1.54) is 90.9 Å². The highest BCUT2D eigenvalue weighted by molar-refractivity contribution is 6.62. The van der Waals surface area contributed by atoms with E-state index in [-0.39, 0.29) is 36.2 Å². The molecule has 4 aliphatic carbocycles. The van der Waals surface area contributed by atoms with Crippen LogP contribution in [0.5, 0.6) is 0 Å². The van der Waals surface area contributed by atoms with Crippen molar-refractivity contribution in [3.8, 4) is 22.4 Å². The third-order valence-corrected chi connectivity index (χ3v) is 14.7. The van der Waals surface area contributed by atoms with Crippen molar-refractivity contribution in [3.05, 3.63) is 58.5 Å². The highest BCUT2D eigenvalue weighted by atomic mass is 16.7. The number of fused-ring (bicyclic) bond motifs is 6. The van der Waals surface area contributed by atoms with Crippen molar-refractivity contribution in [2.75, 3.05) is 13.7 Å². The van der Waals surface area contributed by atoms with Crippen LogP contribution in [0.1, 0.15) is 145 Å². The van der Waals surface area contributed by atoms with E-state index >= 15 is 0 Å². The molecule has 3 heterocycles. The number of ether oxygens (including phenoxy) is 1. The summed E-state index contributed by atoms with van der Waals surface area (Å²) >= 11 is 0. The Labute approximate surface area is 320 Å². The quantitative estimate of drug-likeness (QED) is 0.238. The van der Waals surface area contributed by atoms with Gasteiger partial charge in [-0.1, -0.05) is 51.0 Å². The van der Waals surface area contributed by atoms with Crippen molar-refractivity contribution >= 4 is 24.6 Å². The number of imidazole rings is 1. The maximum Gasteiger partial charge on any atom is 0.495 e. The third-order valence-electron chi connectivity index (χ3n) is 14.7. The van der Waals surface area contributed by atoms with Crippen molar-refractivity contribution < 1.29 is 23.6 Å². The number of carbonyl (C=O) groups excluding carboxylic acids is 2. The van der Waals surface area contributed by atoms with Crippen molar-refractivity contribution in [1.29, 1.82) is 0 Å².